The Morgan fingerprint density at radius 2 is 1.25 bits per heavy atom. The van der Waals surface area contributed by atoms with E-state index >= 15 is 0 Å². The second-order valence-electron chi connectivity index (χ2n) is 2.62. The monoisotopic (exact) mass is 412 g/mol. The predicted molar refractivity (Wildman–Crippen MR) is 84.9 cm³/mol. The first-order valence-corrected chi connectivity index (χ1v) is 9.21. The molecular formula is C10H6Br2S4. The van der Waals surface area contributed by atoms with Crippen LogP contribution in [-0.2, 0) is 0 Å². The summed E-state index contributed by atoms with van der Waals surface area (Å²) in [6, 6.07) is 8.39. The SMILES string of the molecule is Brc1ccc(S/C=C\Sc2ccc(Br)s2)s1. The zero-order valence-electron chi connectivity index (χ0n) is 7.85. The first-order chi connectivity index (χ1) is 7.74. The Labute approximate surface area is 128 Å². The number of thiophene rings is 2. The first kappa shape index (κ1) is 13.2. The van der Waals surface area contributed by atoms with Crippen molar-refractivity contribution in [2.75, 3.05) is 0 Å². The van der Waals surface area contributed by atoms with E-state index < -0.39 is 0 Å². The summed E-state index contributed by atoms with van der Waals surface area (Å²) in [4.78, 5) is 0. The summed E-state index contributed by atoms with van der Waals surface area (Å²) in [6.45, 7) is 0. The quantitative estimate of drug-likeness (QED) is 0.512. The molecule has 2 rings (SSSR count). The Hall–Kier alpha value is 0.800. The molecule has 0 fully saturated rings. The minimum Gasteiger partial charge on any atom is -0.122 e. The number of hydrogen-bond donors (Lipinski definition) is 0. The molecule has 0 saturated heterocycles. The van der Waals surface area contributed by atoms with Crippen LogP contribution in [0.25, 0.3) is 0 Å². The topological polar surface area (TPSA) is 0 Å². The second kappa shape index (κ2) is 6.66. The minimum atomic E-state index is 1.18. The van der Waals surface area contributed by atoms with Gasteiger partial charge in [0.05, 0.1) is 16.0 Å². The van der Waals surface area contributed by atoms with Gasteiger partial charge in [0, 0.05) is 0 Å². The van der Waals surface area contributed by atoms with Crippen molar-refractivity contribution >= 4 is 78.1 Å². The van der Waals surface area contributed by atoms with Gasteiger partial charge < -0.3 is 0 Å². The number of rotatable bonds is 4. The lowest BCUT2D eigenvalue weighted by molar-refractivity contribution is 1.74. The minimum absolute atomic E-state index is 1.18. The van der Waals surface area contributed by atoms with Crippen molar-refractivity contribution in [3.63, 3.8) is 0 Å². The van der Waals surface area contributed by atoms with Crippen molar-refractivity contribution in [3.8, 4) is 0 Å². The van der Waals surface area contributed by atoms with Gasteiger partial charge in [-0.3, -0.25) is 0 Å². The Bertz CT molecular complexity index is 442. The lowest BCUT2D eigenvalue weighted by Crippen LogP contribution is -1.52. The normalized spacial score (nSPS) is 11.4. The largest absolute Gasteiger partial charge is 0.122 e. The van der Waals surface area contributed by atoms with Gasteiger partial charge in [0.1, 0.15) is 0 Å². The average molecular weight is 414 g/mol. The molecule has 0 N–H and O–H groups in total. The highest BCUT2D eigenvalue weighted by molar-refractivity contribution is 9.11. The summed E-state index contributed by atoms with van der Waals surface area (Å²) in [6.07, 6.45) is 0. The van der Waals surface area contributed by atoms with E-state index in [0.29, 0.717) is 0 Å². The van der Waals surface area contributed by atoms with Gasteiger partial charge in [-0.25, -0.2) is 0 Å². The Balaban J connectivity index is 1.82. The summed E-state index contributed by atoms with van der Waals surface area (Å²) in [7, 11) is 0. The average Bonchev–Trinajstić information content (AvgIpc) is 2.83. The molecule has 2 heterocycles. The molecule has 0 radical (unpaired) electrons. The van der Waals surface area contributed by atoms with Gasteiger partial charge in [-0.1, -0.05) is 23.5 Å². The van der Waals surface area contributed by atoms with E-state index in [-0.39, 0.29) is 0 Å². The zero-order chi connectivity index (χ0) is 11.4. The summed E-state index contributed by atoms with van der Waals surface area (Å²) in [5, 5.41) is 4.24. The maximum absolute atomic E-state index is 3.45. The van der Waals surface area contributed by atoms with Crippen molar-refractivity contribution in [2.24, 2.45) is 0 Å². The van der Waals surface area contributed by atoms with Crippen molar-refractivity contribution in [1.29, 1.82) is 0 Å². The van der Waals surface area contributed by atoms with E-state index in [1.165, 1.54) is 16.0 Å². The van der Waals surface area contributed by atoms with Crippen LogP contribution < -0.4 is 0 Å². The van der Waals surface area contributed by atoms with E-state index in [2.05, 4.69) is 66.9 Å². The fraction of sp³-hybridized carbons (Fsp3) is 0. The van der Waals surface area contributed by atoms with E-state index in [1.807, 2.05) is 0 Å². The molecule has 0 nitrogen and oxygen atoms in total. The molecule has 0 unspecified atom stereocenters. The highest BCUT2D eigenvalue weighted by atomic mass is 79.9. The molecule has 0 aromatic carbocycles. The molecule has 84 valence electrons. The van der Waals surface area contributed by atoms with Gasteiger partial charge in [-0.2, -0.15) is 0 Å². The van der Waals surface area contributed by atoms with Crippen LogP contribution in [0.15, 0.2) is 51.1 Å². The van der Waals surface area contributed by atoms with E-state index in [4.69, 9.17) is 0 Å². The number of halogens is 2. The summed E-state index contributed by atoms with van der Waals surface area (Å²) >= 11 is 13.9. The van der Waals surface area contributed by atoms with Gasteiger partial charge in [0.2, 0.25) is 0 Å². The molecule has 0 atom stereocenters. The molecule has 2 aromatic heterocycles. The summed E-state index contributed by atoms with van der Waals surface area (Å²) < 4.78 is 4.96. The molecule has 0 aliphatic heterocycles. The third-order valence-electron chi connectivity index (χ3n) is 1.52. The third-order valence-corrected chi connectivity index (χ3v) is 6.89. The van der Waals surface area contributed by atoms with Gasteiger partial charge in [-0.05, 0) is 66.9 Å². The van der Waals surface area contributed by atoms with Crippen LogP contribution in [0.3, 0.4) is 0 Å². The van der Waals surface area contributed by atoms with Crippen molar-refractivity contribution in [3.05, 3.63) is 42.7 Å². The number of thioether (sulfide) groups is 2. The van der Waals surface area contributed by atoms with Gasteiger partial charge >= 0.3 is 0 Å². The van der Waals surface area contributed by atoms with Gasteiger partial charge in [0.15, 0.2) is 0 Å². The van der Waals surface area contributed by atoms with Crippen LogP contribution in [0.4, 0.5) is 0 Å². The van der Waals surface area contributed by atoms with E-state index in [0.717, 1.165) is 0 Å². The number of hydrogen-bond acceptors (Lipinski definition) is 4. The molecule has 0 aliphatic rings. The maximum atomic E-state index is 3.45. The van der Waals surface area contributed by atoms with Crippen LogP contribution in [-0.4, -0.2) is 0 Å². The smallest absolute Gasteiger partial charge is 0.0710 e. The Kier molecular flexibility index (Phi) is 5.51. The Morgan fingerprint density at radius 3 is 1.56 bits per heavy atom. The third kappa shape index (κ3) is 4.23. The lowest BCUT2D eigenvalue weighted by Gasteiger charge is -1.88. The fourth-order valence-corrected chi connectivity index (χ4v) is 6.06. The van der Waals surface area contributed by atoms with Crippen LogP contribution in [0.5, 0.6) is 0 Å². The van der Waals surface area contributed by atoms with Gasteiger partial charge in [0.25, 0.3) is 0 Å². The molecule has 0 spiro atoms. The molecule has 0 saturated carbocycles. The predicted octanol–water partition coefficient (Wildman–Crippen LogP) is 6.69. The highest BCUT2D eigenvalue weighted by Crippen LogP contribution is 2.34. The van der Waals surface area contributed by atoms with Crippen LogP contribution in [0.1, 0.15) is 0 Å². The first-order valence-electron chi connectivity index (χ1n) is 4.23. The molecule has 0 aliphatic carbocycles. The Morgan fingerprint density at radius 1 is 0.812 bits per heavy atom. The molecule has 16 heavy (non-hydrogen) atoms. The van der Waals surface area contributed by atoms with Crippen LogP contribution in [0.2, 0.25) is 0 Å². The summed E-state index contributed by atoms with van der Waals surface area (Å²) in [5.74, 6) is 0. The van der Waals surface area contributed by atoms with Crippen molar-refractivity contribution in [2.45, 2.75) is 8.42 Å². The van der Waals surface area contributed by atoms with Crippen molar-refractivity contribution in [1.82, 2.24) is 0 Å². The zero-order valence-corrected chi connectivity index (χ0v) is 14.3. The second-order valence-corrected chi connectivity index (χ2v) is 9.96. The fourth-order valence-electron chi connectivity index (χ4n) is 0.912. The molecule has 0 amide bonds. The van der Waals surface area contributed by atoms with E-state index in [1.54, 1.807) is 46.2 Å². The van der Waals surface area contributed by atoms with Crippen molar-refractivity contribution < 1.29 is 0 Å². The van der Waals surface area contributed by atoms with Crippen LogP contribution in [0, 0.1) is 0 Å². The highest BCUT2D eigenvalue weighted by Gasteiger charge is 1.96. The van der Waals surface area contributed by atoms with E-state index in [9.17, 15) is 0 Å². The molecule has 6 heteroatoms. The molecule has 0 bridgehead atoms. The lowest BCUT2D eigenvalue weighted by atomic mass is 10.7. The molecule has 2 aromatic rings. The van der Waals surface area contributed by atoms with Gasteiger partial charge in [-0.15, -0.1) is 22.7 Å². The summed E-state index contributed by atoms with van der Waals surface area (Å²) in [5.41, 5.74) is 0. The standard InChI is InChI=1S/C10H6Br2S4/c11-7-1-3-9(15-7)13-5-6-14-10-4-2-8(12)16-10/h1-6H/b6-5-. The molecular weight excluding hydrogens is 408 g/mol. The maximum Gasteiger partial charge on any atom is 0.0710 e. The van der Waals surface area contributed by atoms with Crippen LogP contribution >= 0.6 is 78.1 Å².